The second kappa shape index (κ2) is 7.34. The van der Waals surface area contributed by atoms with Crippen molar-refractivity contribution in [2.75, 3.05) is 11.2 Å². The van der Waals surface area contributed by atoms with Crippen molar-refractivity contribution in [1.29, 1.82) is 0 Å². The summed E-state index contributed by atoms with van der Waals surface area (Å²) in [6, 6.07) is 3.88. The number of hydrogen-bond donors (Lipinski definition) is 2. The highest BCUT2D eigenvalue weighted by molar-refractivity contribution is 7.17. The van der Waals surface area contributed by atoms with Gasteiger partial charge in [0.1, 0.15) is 16.7 Å². The molecule has 0 aliphatic heterocycles. The van der Waals surface area contributed by atoms with Crippen molar-refractivity contribution in [1.82, 2.24) is 0 Å². The van der Waals surface area contributed by atoms with E-state index in [0.717, 1.165) is 17.4 Å². The maximum absolute atomic E-state index is 14.2. The lowest BCUT2D eigenvalue weighted by Crippen LogP contribution is -2.17. The topological polar surface area (TPSA) is 83.5 Å². The average Bonchev–Trinajstić information content (AvgIpc) is 3.11. The Bertz CT molecular complexity index is 907. The van der Waals surface area contributed by atoms with Crippen LogP contribution in [0.3, 0.4) is 0 Å². The van der Waals surface area contributed by atoms with E-state index in [4.69, 9.17) is 23.2 Å². The van der Waals surface area contributed by atoms with E-state index in [0.29, 0.717) is 10.4 Å². The monoisotopic (exact) mass is 415 g/mol. The summed E-state index contributed by atoms with van der Waals surface area (Å²) in [4.78, 5) is 36.7. The molecule has 136 valence electrons. The molecule has 0 saturated heterocycles. The number of benzene rings is 1. The summed E-state index contributed by atoms with van der Waals surface area (Å²) < 4.78 is 14.2. The molecule has 1 aliphatic carbocycles. The van der Waals surface area contributed by atoms with E-state index in [9.17, 15) is 23.9 Å². The standard InChI is InChI=1S/C17H12Cl2FNO4S/c18-6-12(22)21-16-13(8-4-7(17(24)25)5-11(8)26-16)15(23)14-9(19)2-1-3-10(14)20/h1-3,7H,4-6H2,(H,21,22)(H,24,25). The van der Waals surface area contributed by atoms with Crippen LogP contribution >= 0.6 is 34.5 Å². The predicted molar refractivity (Wildman–Crippen MR) is 97.0 cm³/mol. The first-order valence-corrected chi connectivity index (χ1v) is 9.28. The van der Waals surface area contributed by atoms with Crippen LogP contribution in [0.1, 0.15) is 26.4 Å². The third kappa shape index (κ3) is 3.34. The van der Waals surface area contributed by atoms with Crippen LogP contribution in [0.2, 0.25) is 5.02 Å². The van der Waals surface area contributed by atoms with Crippen LogP contribution < -0.4 is 5.32 Å². The van der Waals surface area contributed by atoms with Gasteiger partial charge in [-0.3, -0.25) is 14.4 Å². The van der Waals surface area contributed by atoms with Crippen molar-refractivity contribution in [3.63, 3.8) is 0 Å². The van der Waals surface area contributed by atoms with Gasteiger partial charge in [0, 0.05) is 4.88 Å². The van der Waals surface area contributed by atoms with Crippen LogP contribution in [0.4, 0.5) is 9.39 Å². The van der Waals surface area contributed by atoms with E-state index in [-0.39, 0.29) is 39.9 Å². The third-order valence-corrected chi connectivity index (χ3v) is 5.84. The van der Waals surface area contributed by atoms with Crippen LogP contribution in [-0.2, 0) is 22.4 Å². The van der Waals surface area contributed by atoms with Crippen molar-refractivity contribution in [3.05, 3.63) is 50.6 Å². The van der Waals surface area contributed by atoms with Crippen LogP contribution in [0.5, 0.6) is 0 Å². The molecule has 1 heterocycles. The Labute approximate surface area is 161 Å². The summed E-state index contributed by atoms with van der Waals surface area (Å²) in [5.74, 6) is -3.94. The molecule has 1 aromatic carbocycles. The number of carbonyl (C=O) groups excluding carboxylic acids is 2. The fourth-order valence-electron chi connectivity index (χ4n) is 2.94. The number of ketones is 1. The molecule has 2 aromatic rings. The first-order valence-electron chi connectivity index (χ1n) is 7.55. The normalized spacial score (nSPS) is 15.6. The SMILES string of the molecule is O=C(CCl)Nc1sc2c(c1C(=O)c1c(F)cccc1Cl)CC(C(=O)O)C2. The fourth-order valence-corrected chi connectivity index (χ4v) is 4.58. The highest BCUT2D eigenvalue weighted by Gasteiger charge is 2.36. The molecule has 1 amide bonds. The van der Waals surface area contributed by atoms with Gasteiger partial charge in [0.25, 0.3) is 0 Å². The summed E-state index contributed by atoms with van der Waals surface area (Å²) >= 11 is 12.6. The predicted octanol–water partition coefficient (Wildman–Crippen LogP) is 3.75. The number of anilines is 1. The van der Waals surface area contributed by atoms with E-state index in [1.165, 1.54) is 12.1 Å². The number of fused-ring (bicyclic) bond motifs is 1. The molecular formula is C17H12Cl2FNO4S. The van der Waals surface area contributed by atoms with E-state index >= 15 is 0 Å². The van der Waals surface area contributed by atoms with Gasteiger partial charge in [-0.25, -0.2) is 4.39 Å². The quantitative estimate of drug-likeness (QED) is 0.575. The highest BCUT2D eigenvalue weighted by Crippen LogP contribution is 2.43. The zero-order valence-corrected chi connectivity index (χ0v) is 15.5. The molecule has 0 saturated carbocycles. The minimum atomic E-state index is -0.970. The Hall–Kier alpha value is -1.96. The summed E-state index contributed by atoms with van der Waals surface area (Å²) in [7, 11) is 0. The molecule has 1 aliphatic rings. The van der Waals surface area contributed by atoms with Gasteiger partial charge in [0.15, 0.2) is 0 Å². The lowest BCUT2D eigenvalue weighted by Gasteiger charge is -2.10. The van der Waals surface area contributed by atoms with Crippen LogP contribution in [-0.4, -0.2) is 28.6 Å². The second-order valence-electron chi connectivity index (χ2n) is 5.76. The Morgan fingerprint density at radius 1 is 1.27 bits per heavy atom. The second-order valence-corrected chi connectivity index (χ2v) is 7.54. The van der Waals surface area contributed by atoms with E-state index in [1.807, 2.05) is 0 Å². The smallest absolute Gasteiger partial charge is 0.307 e. The van der Waals surface area contributed by atoms with Crippen molar-refractivity contribution in [2.24, 2.45) is 5.92 Å². The van der Waals surface area contributed by atoms with Gasteiger partial charge in [-0.1, -0.05) is 17.7 Å². The van der Waals surface area contributed by atoms with E-state index in [1.54, 1.807) is 0 Å². The Kier molecular flexibility index (Phi) is 5.32. The number of rotatable bonds is 5. The van der Waals surface area contributed by atoms with E-state index in [2.05, 4.69) is 5.32 Å². The fraction of sp³-hybridized carbons (Fsp3) is 0.235. The van der Waals surface area contributed by atoms with Gasteiger partial charge >= 0.3 is 5.97 Å². The zero-order chi connectivity index (χ0) is 19.0. The maximum atomic E-state index is 14.2. The van der Waals surface area contributed by atoms with E-state index < -0.39 is 29.4 Å². The number of nitrogens with one attached hydrogen (secondary N) is 1. The molecule has 26 heavy (non-hydrogen) atoms. The van der Waals surface area contributed by atoms with Gasteiger partial charge in [-0.2, -0.15) is 0 Å². The number of amides is 1. The van der Waals surface area contributed by atoms with Gasteiger partial charge in [-0.15, -0.1) is 22.9 Å². The summed E-state index contributed by atoms with van der Waals surface area (Å²) in [6.07, 6.45) is 0.377. The lowest BCUT2D eigenvalue weighted by atomic mass is 9.98. The van der Waals surface area contributed by atoms with Crippen molar-refractivity contribution >= 4 is 57.2 Å². The third-order valence-electron chi connectivity index (χ3n) is 4.11. The molecule has 2 N–H and O–H groups in total. The molecule has 9 heteroatoms. The summed E-state index contributed by atoms with van der Waals surface area (Å²) in [5.41, 5.74) is 0.283. The van der Waals surface area contributed by atoms with Crippen molar-refractivity contribution in [3.8, 4) is 0 Å². The average molecular weight is 416 g/mol. The Balaban J connectivity index is 2.11. The number of alkyl halides is 1. The molecule has 5 nitrogen and oxygen atoms in total. The summed E-state index contributed by atoms with van der Waals surface area (Å²) in [5, 5.41) is 12.0. The number of carbonyl (C=O) groups is 3. The molecular weight excluding hydrogens is 404 g/mol. The molecule has 0 fully saturated rings. The Morgan fingerprint density at radius 2 is 2.00 bits per heavy atom. The number of carboxylic acids is 1. The lowest BCUT2D eigenvalue weighted by molar-refractivity contribution is -0.141. The van der Waals surface area contributed by atoms with Crippen molar-refractivity contribution < 1.29 is 23.9 Å². The minimum absolute atomic E-state index is 0.0580. The molecule has 0 bridgehead atoms. The van der Waals surface area contributed by atoms with Crippen LogP contribution in [0.15, 0.2) is 18.2 Å². The molecule has 1 aromatic heterocycles. The van der Waals surface area contributed by atoms with Gasteiger partial charge < -0.3 is 10.4 Å². The number of halogens is 3. The molecule has 3 rings (SSSR count). The number of hydrogen-bond acceptors (Lipinski definition) is 4. The Morgan fingerprint density at radius 3 is 2.62 bits per heavy atom. The molecule has 1 unspecified atom stereocenters. The zero-order valence-electron chi connectivity index (χ0n) is 13.1. The molecule has 1 atom stereocenters. The van der Waals surface area contributed by atoms with Gasteiger partial charge in [0.05, 0.1) is 22.1 Å². The maximum Gasteiger partial charge on any atom is 0.307 e. The first-order chi connectivity index (χ1) is 12.3. The first kappa shape index (κ1) is 18.8. The van der Waals surface area contributed by atoms with Crippen molar-refractivity contribution in [2.45, 2.75) is 12.8 Å². The number of carboxylic acid groups (broad SMARTS) is 1. The minimum Gasteiger partial charge on any atom is -0.481 e. The molecule has 0 radical (unpaired) electrons. The summed E-state index contributed by atoms with van der Waals surface area (Å²) in [6.45, 7) is 0. The molecule has 0 spiro atoms. The highest BCUT2D eigenvalue weighted by atomic mass is 35.5. The van der Waals surface area contributed by atoms with Gasteiger partial charge in [-0.05, 0) is 30.5 Å². The van der Waals surface area contributed by atoms with Gasteiger partial charge in [0.2, 0.25) is 11.7 Å². The van der Waals surface area contributed by atoms with Crippen LogP contribution in [0, 0.1) is 11.7 Å². The van der Waals surface area contributed by atoms with Crippen LogP contribution in [0.25, 0.3) is 0 Å². The largest absolute Gasteiger partial charge is 0.481 e. The number of aliphatic carboxylic acids is 1. The number of thiophene rings is 1.